The van der Waals surface area contributed by atoms with Crippen LogP contribution in [0.4, 0.5) is 0 Å². The van der Waals surface area contributed by atoms with E-state index in [0.717, 1.165) is 47.5 Å². The van der Waals surface area contributed by atoms with E-state index < -0.39 is 5.91 Å². The number of carbonyl (C=O) groups is 1. The Morgan fingerprint density at radius 2 is 2.07 bits per heavy atom. The maximum Gasteiger partial charge on any atom is 0.267 e. The zero-order valence-corrected chi connectivity index (χ0v) is 17.5. The summed E-state index contributed by atoms with van der Waals surface area (Å²) < 4.78 is 2.40. The Morgan fingerprint density at radius 3 is 2.87 bits per heavy atom. The Balaban J connectivity index is 1.77. The van der Waals surface area contributed by atoms with Gasteiger partial charge in [-0.2, -0.15) is 0 Å². The molecular formula is C24H28N4O2. The number of piperidine rings is 1. The second-order valence-corrected chi connectivity index (χ2v) is 8.11. The number of amides is 1. The summed E-state index contributed by atoms with van der Waals surface area (Å²) >= 11 is 0. The molecule has 30 heavy (non-hydrogen) atoms. The molecule has 1 amide bonds. The van der Waals surface area contributed by atoms with Crippen LogP contribution in [0.5, 0.6) is 0 Å². The number of rotatable bonds is 5. The molecule has 1 unspecified atom stereocenters. The van der Waals surface area contributed by atoms with Gasteiger partial charge < -0.3 is 4.57 Å². The SMILES string of the molecule is CC(C)N1CCCC(n2c(-c3cccc(/C=C/C(=O)NO)c3)nc3ccccc32)C1. The standard InChI is InChI=1S/C24H28N4O2/c1-17(2)27-14-6-9-20(16-27)28-22-11-4-3-10-21(22)25-24(28)19-8-5-7-18(15-19)12-13-23(29)26-30/h3-5,7-8,10-13,15,17,20,30H,6,9,14,16H2,1-2H3,(H,26,29)/b13-12+. The van der Waals surface area contributed by atoms with Crippen molar-refractivity contribution in [2.75, 3.05) is 13.1 Å². The lowest BCUT2D eigenvalue weighted by Gasteiger charge is -2.36. The van der Waals surface area contributed by atoms with Gasteiger partial charge >= 0.3 is 0 Å². The van der Waals surface area contributed by atoms with Crippen molar-refractivity contribution in [2.24, 2.45) is 0 Å². The lowest BCUT2D eigenvalue weighted by Crippen LogP contribution is -2.40. The van der Waals surface area contributed by atoms with Crippen molar-refractivity contribution in [1.29, 1.82) is 0 Å². The second kappa shape index (κ2) is 8.81. The Hall–Kier alpha value is -2.96. The zero-order valence-electron chi connectivity index (χ0n) is 17.5. The summed E-state index contributed by atoms with van der Waals surface area (Å²) in [5.41, 5.74) is 5.66. The monoisotopic (exact) mass is 404 g/mol. The van der Waals surface area contributed by atoms with Gasteiger partial charge in [-0.3, -0.25) is 14.9 Å². The quantitative estimate of drug-likeness (QED) is 0.379. The van der Waals surface area contributed by atoms with Gasteiger partial charge in [0, 0.05) is 30.3 Å². The Kier molecular flexibility index (Phi) is 5.97. The fourth-order valence-corrected chi connectivity index (χ4v) is 4.27. The summed E-state index contributed by atoms with van der Waals surface area (Å²) in [5, 5.41) is 8.70. The molecule has 4 rings (SSSR count). The van der Waals surface area contributed by atoms with Crippen molar-refractivity contribution in [3.8, 4) is 11.4 Å². The summed E-state index contributed by atoms with van der Waals surface area (Å²) in [4.78, 5) is 18.9. The Morgan fingerprint density at radius 1 is 1.23 bits per heavy atom. The van der Waals surface area contributed by atoms with Crippen LogP contribution in [-0.4, -0.2) is 44.7 Å². The van der Waals surface area contributed by atoms with Crippen LogP contribution < -0.4 is 5.48 Å². The van der Waals surface area contributed by atoms with E-state index >= 15 is 0 Å². The molecule has 1 aliphatic rings. The number of fused-ring (bicyclic) bond motifs is 1. The van der Waals surface area contributed by atoms with Crippen molar-refractivity contribution in [2.45, 2.75) is 38.8 Å². The number of nitrogens with one attached hydrogen (secondary N) is 1. The zero-order chi connectivity index (χ0) is 21.1. The first-order valence-electron chi connectivity index (χ1n) is 10.5. The fraction of sp³-hybridized carbons (Fsp3) is 0.333. The van der Waals surface area contributed by atoms with Crippen LogP contribution in [0.3, 0.4) is 0 Å². The number of likely N-dealkylation sites (tertiary alicyclic amines) is 1. The molecule has 1 fully saturated rings. The van der Waals surface area contributed by atoms with Gasteiger partial charge in [0.05, 0.1) is 11.0 Å². The Labute approximate surface area is 176 Å². The van der Waals surface area contributed by atoms with Crippen molar-refractivity contribution in [1.82, 2.24) is 19.9 Å². The average Bonchev–Trinajstić information content (AvgIpc) is 3.17. The predicted octanol–water partition coefficient (Wildman–Crippen LogP) is 4.27. The van der Waals surface area contributed by atoms with E-state index in [9.17, 15) is 4.79 Å². The van der Waals surface area contributed by atoms with Crippen LogP contribution in [0.2, 0.25) is 0 Å². The van der Waals surface area contributed by atoms with E-state index in [4.69, 9.17) is 10.2 Å². The van der Waals surface area contributed by atoms with Crippen LogP contribution >= 0.6 is 0 Å². The molecule has 1 saturated heterocycles. The number of benzene rings is 2. The predicted molar refractivity (Wildman–Crippen MR) is 119 cm³/mol. The molecular weight excluding hydrogens is 376 g/mol. The number of hydroxylamine groups is 1. The highest BCUT2D eigenvalue weighted by atomic mass is 16.5. The molecule has 2 N–H and O–H groups in total. The van der Waals surface area contributed by atoms with Gasteiger partial charge in [0.15, 0.2) is 0 Å². The summed E-state index contributed by atoms with van der Waals surface area (Å²) in [6.45, 7) is 6.67. The topological polar surface area (TPSA) is 70.4 Å². The van der Waals surface area contributed by atoms with E-state index in [1.165, 1.54) is 12.5 Å². The molecule has 156 valence electrons. The molecule has 2 heterocycles. The van der Waals surface area contributed by atoms with Gasteiger partial charge in [0.25, 0.3) is 5.91 Å². The molecule has 2 aromatic carbocycles. The van der Waals surface area contributed by atoms with E-state index in [1.807, 2.05) is 24.3 Å². The molecule has 1 aromatic heterocycles. The van der Waals surface area contributed by atoms with Crippen molar-refractivity contribution < 1.29 is 10.0 Å². The number of aromatic nitrogens is 2. The minimum Gasteiger partial charge on any atom is -0.320 e. The maximum absolute atomic E-state index is 11.3. The summed E-state index contributed by atoms with van der Waals surface area (Å²) in [6, 6.07) is 17.2. The van der Waals surface area contributed by atoms with E-state index in [2.05, 4.69) is 47.6 Å². The van der Waals surface area contributed by atoms with E-state index in [1.54, 1.807) is 11.6 Å². The molecule has 1 aliphatic heterocycles. The highest BCUT2D eigenvalue weighted by Crippen LogP contribution is 2.33. The largest absolute Gasteiger partial charge is 0.320 e. The van der Waals surface area contributed by atoms with E-state index in [0.29, 0.717) is 12.1 Å². The first kappa shape index (κ1) is 20.3. The third-order valence-corrected chi connectivity index (χ3v) is 5.80. The minimum absolute atomic E-state index is 0.364. The van der Waals surface area contributed by atoms with Crippen molar-refractivity contribution in [3.63, 3.8) is 0 Å². The molecule has 0 aliphatic carbocycles. The van der Waals surface area contributed by atoms with Gasteiger partial charge in [-0.1, -0.05) is 30.3 Å². The molecule has 6 nitrogen and oxygen atoms in total. The average molecular weight is 405 g/mol. The number of para-hydroxylation sites is 2. The number of nitrogens with zero attached hydrogens (tertiary/aromatic N) is 3. The molecule has 0 spiro atoms. The molecule has 6 heteroatoms. The van der Waals surface area contributed by atoms with Crippen LogP contribution in [0.15, 0.2) is 54.6 Å². The number of imidazole rings is 1. The molecule has 0 saturated carbocycles. The van der Waals surface area contributed by atoms with Gasteiger partial charge in [-0.05, 0) is 63.1 Å². The van der Waals surface area contributed by atoms with Crippen molar-refractivity contribution in [3.05, 3.63) is 60.2 Å². The lowest BCUT2D eigenvalue weighted by atomic mass is 10.0. The van der Waals surface area contributed by atoms with E-state index in [-0.39, 0.29) is 0 Å². The highest BCUT2D eigenvalue weighted by Gasteiger charge is 2.26. The minimum atomic E-state index is -0.552. The maximum atomic E-state index is 11.3. The number of hydrogen-bond donors (Lipinski definition) is 2. The number of hydrogen-bond acceptors (Lipinski definition) is 4. The van der Waals surface area contributed by atoms with Crippen LogP contribution in [0.1, 0.15) is 38.3 Å². The van der Waals surface area contributed by atoms with Crippen LogP contribution in [0, 0.1) is 0 Å². The molecule has 0 bridgehead atoms. The third kappa shape index (κ3) is 4.15. The Bertz CT molecular complexity index is 1070. The normalized spacial score (nSPS) is 17.8. The summed E-state index contributed by atoms with van der Waals surface area (Å²) in [7, 11) is 0. The van der Waals surface area contributed by atoms with Gasteiger partial charge in [-0.15, -0.1) is 0 Å². The molecule has 3 aromatic rings. The number of carbonyl (C=O) groups excluding carboxylic acids is 1. The highest BCUT2D eigenvalue weighted by molar-refractivity contribution is 5.91. The second-order valence-electron chi connectivity index (χ2n) is 8.11. The first-order chi connectivity index (χ1) is 14.6. The van der Waals surface area contributed by atoms with Crippen LogP contribution in [0.25, 0.3) is 28.5 Å². The third-order valence-electron chi connectivity index (χ3n) is 5.80. The summed E-state index contributed by atoms with van der Waals surface area (Å²) in [6.07, 6.45) is 5.30. The summed E-state index contributed by atoms with van der Waals surface area (Å²) in [5.74, 6) is 0.400. The lowest BCUT2D eigenvalue weighted by molar-refractivity contribution is -0.124. The van der Waals surface area contributed by atoms with Gasteiger partial charge in [-0.25, -0.2) is 10.5 Å². The van der Waals surface area contributed by atoms with Gasteiger partial charge in [0.1, 0.15) is 5.82 Å². The first-order valence-corrected chi connectivity index (χ1v) is 10.5. The van der Waals surface area contributed by atoms with Gasteiger partial charge in [0.2, 0.25) is 0 Å². The molecule has 0 radical (unpaired) electrons. The fourth-order valence-electron chi connectivity index (χ4n) is 4.27. The van der Waals surface area contributed by atoms with Crippen molar-refractivity contribution >= 4 is 23.0 Å². The van der Waals surface area contributed by atoms with Crippen LogP contribution in [-0.2, 0) is 4.79 Å². The smallest absolute Gasteiger partial charge is 0.267 e. The molecule has 1 atom stereocenters.